The summed E-state index contributed by atoms with van der Waals surface area (Å²) < 4.78 is 1.26. The summed E-state index contributed by atoms with van der Waals surface area (Å²) in [6.07, 6.45) is 2.03. The van der Waals surface area contributed by atoms with E-state index < -0.39 is 0 Å². The molecule has 0 unspecified atom stereocenters. The molecule has 0 atom stereocenters. The second kappa shape index (κ2) is 3.25. The Balaban J connectivity index is 2.74. The van der Waals surface area contributed by atoms with Gasteiger partial charge >= 0.3 is 0 Å². The number of rotatable bonds is 2. The Kier molecular flexibility index (Phi) is 2.57. The molecule has 1 N–H and O–H groups in total. The highest BCUT2D eigenvalue weighted by Gasteiger charge is 1.94. The van der Waals surface area contributed by atoms with Gasteiger partial charge in [-0.05, 0) is 18.4 Å². The third kappa shape index (κ3) is 1.71. The highest BCUT2D eigenvalue weighted by atomic mass is 32.2. The van der Waals surface area contributed by atoms with Crippen LogP contribution in [0.4, 0.5) is 0 Å². The van der Waals surface area contributed by atoms with Crippen LogP contribution in [0.2, 0.25) is 0 Å². The first-order valence-corrected chi connectivity index (χ1v) is 4.64. The third-order valence-electron chi connectivity index (χ3n) is 0.994. The average Bonchev–Trinajstić information content (AvgIpc) is 2.34. The normalized spacial score (nSPS) is 10.0. The lowest BCUT2D eigenvalue weighted by Gasteiger charge is -1.83. The van der Waals surface area contributed by atoms with E-state index >= 15 is 0 Å². The molecular formula is C6H8OS2. The molecule has 0 aromatic carbocycles. The molecule has 1 aromatic heterocycles. The molecule has 0 spiro atoms. The Morgan fingerprint density at radius 3 is 2.78 bits per heavy atom. The van der Waals surface area contributed by atoms with Crippen molar-refractivity contribution in [3.05, 3.63) is 17.0 Å². The minimum absolute atomic E-state index is 0.172. The number of thiophene rings is 1. The summed E-state index contributed by atoms with van der Waals surface area (Å²) in [6.45, 7) is 0.172. The van der Waals surface area contributed by atoms with Crippen molar-refractivity contribution in [1.29, 1.82) is 0 Å². The van der Waals surface area contributed by atoms with E-state index in [1.54, 1.807) is 23.1 Å². The number of thioether (sulfide) groups is 1. The summed E-state index contributed by atoms with van der Waals surface area (Å²) >= 11 is 3.36. The summed E-state index contributed by atoms with van der Waals surface area (Å²) in [5, 5.41) is 8.65. The van der Waals surface area contributed by atoms with Crippen LogP contribution in [0.3, 0.4) is 0 Å². The number of hydrogen-bond acceptors (Lipinski definition) is 3. The second-order valence-corrected chi connectivity index (χ2v) is 3.86. The Morgan fingerprint density at radius 2 is 2.44 bits per heavy atom. The molecule has 0 saturated heterocycles. The maximum absolute atomic E-state index is 8.65. The van der Waals surface area contributed by atoms with Gasteiger partial charge < -0.3 is 5.11 Å². The Bertz CT molecular complexity index is 164. The van der Waals surface area contributed by atoms with Gasteiger partial charge in [0.25, 0.3) is 0 Å². The lowest BCUT2D eigenvalue weighted by molar-refractivity contribution is 0.285. The van der Waals surface area contributed by atoms with Gasteiger partial charge in [-0.1, -0.05) is 0 Å². The van der Waals surface area contributed by atoms with Crippen LogP contribution < -0.4 is 0 Å². The molecular weight excluding hydrogens is 152 g/mol. The summed E-state index contributed by atoms with van der Waals surface area (Å²) in [5.41, 5.74) is 0. The first-order valence-electron chi connectivity index (χ1n) is 2.60. The van der Waals surface area contributed by atoms with Crippen LogP contribution in [0.15, 0.2) is 16.3 Å². The summed E-state index contributed by atoms with van der Waals surface area (Å²) in [4.78, 5) is 1.04. The second-order valence-electron chi connectivity index (χ2n) is 1.58. The van der Waals surface area contributed by atoms with E-state index in [-0.39, 0.29) is 6.61 Å². The molecule has 0 saturated carbocycles. The van der Waals surface area contributed by atoms with Gasteiger partial charge in [-0.2, -0.15) is 0 Å². The topological polar surface area (TPSA) is 20.2 Å². The summed E-state index contributed by atoms with van der Waals surface area (Å²) in [5.74, 6) is 0. The van der Waals surface area contributed by atoms with E-state index in [4.69, 9.17) is 5.11 Å². The van der Waals surface area contributed by atoms with E-state index in [1.807, 2.05) is 18.4 Å². The Morgan fingerprint density at radius 1 is 1.67 bits per heavy atom. The molecule has 0 radical (unpaired) electrons. The molecule has 0 amide bonds. The van der Waals surface area contributed by atoms with Crippen molar-refractivity contribution < 1.29 is 5.11 Å². The predicted octanol–water partition coefficient (Wildman–Crippen LogP) is 1.96. The molecule has 0 aliphatic heterocycles. The summed E-state index contributed by atoms with van der Waals surface area (Å²) in [6, 6.07) is 3.98. The first kappa shape index (κ1) is 7.12. The smallest absolute Gasteiger partial charge is 0.0774 e. The van der Waals surface area contributed by atoms with E-state index in [9.17, 15) is 0 Å². The highest BCUT2D eigenvalue weighted by molar-refractivity contribution is 8.00. The van der Waals surface area contributed by atoms with Crippen LogP contribution in [0.1, 0.15) is 4.88 Å². The quantitative estimate of drug-likeness (QED) is 0.667. The predicted molar refractivity (Wildman–Crippen MR) is 42.0 cm³/mol. The number of aliphatic hydroxyl groups is 1. The summed E-state index contributed by atoms with van der Waals surface area (Å²) in [7, 11) is 0. The van der Waals surface area contributed by atoms with Crippen molar-refractivity contribution in [3.63, 3.8) is 0 Å². The third-order valence-corrected chi connectivity index (χ3v) is 3.15. The average molecular weight is 160 g/mol. The van der Waals surface area contributed by atoms with E-state index in [2.05, 4.69) is 0 Å². The van der Waals surface area contributed by atoms with Crippen molar-refractivity contribution in [2.75, 3.05) is 6.26 Å². The van der Waals surface area contributed by atoms with Gasteiger partial charge in [0, 0.05) is 4.88 Å². The molecule has 0 bridgehead atoms. The van der Waals surface area contributed by atoms with Gasteiger partial charge in [0.15, 0.2) is 0 Å². The van der Waals surface area contributed by atoms with Gasteiger partial charge in [-0.15, -0.1) is 23.1 Å². The SMILES string of the molecule is CSc1ccc(CO)s1. The van der Waals surface area contributed by atoms with Gasteiger partial charge in [-0.3, -0.25) is 0 Å². The molecule has 1 nitrogen and oxygen atoms in total. The number of hydrogen-bond donors (Lipinski definition) is 1. The Hall–Kier alpha value is 0.01000. The molecule has 50 valence electrons. The first-order chi connectivity index (χ1) is 4.36. The minimum Gasteiger partial charge on any atom is -0.391 e. The molecule has 1 heterocycles. The highest BCUT2D eigenvalue weighted by Crippen LogP contribution is 2.24. The van der Waals surface area contributed by atoms with E-state index in [0.717, 1.165) is 4.88 Å². The molecule has 0 fully saturated rings. The molecule has 1 rings (SSSR count). The van der Waals surface area contributed by atoms with Gasteiger partial charge in [0.05, 0.1) is 10.8 Å². The lowest BCUT2D eigenvalue weighted by Crippen LogP contribution is -1.69. The fraction of sp³-hybridized carbons (Fsp3) is 0.333. The van der Waals surface area contributed by atoms with Crippen LogP contribution in [0.5, 0.6) is 0 Å². The maximum atomic E-state index is 8.65. The van der Waals surface area contributed by atoms with Crippen molar-refractivity contribution >= 4 is 23.1 Å². The van der Waals surface area contributed by atoms with Gasteiger partial charge in [0.2, 0.25) is 0 Å². The molecule has 1 aromatic rings. The van der Waals surface area contributed by atoms with Crippen molar-refractivity contribution in [3.8, 4) is 0 Å². The lowest BCUT2D eigenvalue weighted by atomic mass is 10.5. The maximum Gasteiger partial charge on any atom is 0.0774 e. The van der Waals surface area contributed by atoms with Crippen molar-refractivity contribution in [1.82, 2.24) is 0 Å². The van der Waals surface area contributed by atoms with Crippen LogP contribution in [-0.4, -0.2) is 11.4 Å². The zero-order chi connectivity index (χ0) is 6.69. The molecule has 9 heavy (non-hydrogen) atoms. The minimum atomic E-state index is 0.172. The standard InChI is InChI=1S/C6H8OS2/c1-8-6-3-2-5(4-7)9-6/h2-3,7H,4H2,1H3. The van der Waals surface area contributed by atoms with Gasteiger partial charge in [-0.25, -0.2) is 0 Å². The Labute approximate surface area is 62.7 Å². The fourth-order valence-corrected chi connectivity index (χ4v) is 2.01. The molecule has 0 aliphatic carbocycles. The molecule has 3 heteroatoms. The van der Waals surface area contributed by atoms with Crippen molar-refractivity contribution in [2.24, 2.45) is 0 Å². The number of aliphatic hydroxyl groups excluding tert-OH is 1. The van der Waals surface area contributed by atoms with E-state index in [1.165, 1.54) is 4.21 Å². The zero-order valence-corrected chi connectivity index (χ0v) is 6.76. The van der Waals surface area contributed by atoms with Crippen LogP contribution in [-0.2, 0) is 6.61 Å². The zero-order valence-electron chi connectivity index (χ0n) is 5.13. The van der Waals surface area contributed by atoms with Gasteiger partial charge in [0.1, 0.15) is 0 Å². The van der Waals surface area contributed by atoms with Crippen LogP contribution in [0.25, 0.3) is 0 Å². The van der Waals surface area contributed by atoms with Crippen LogP contribution >= 0.6 is 23.1 Å². The fourth-order valence-electron chi connectivity index (χ4n) is 0.553. The van der Waals surface area contributed by atoms with E-state index in [0.29, 0.717) is 0 Å². The monoisotopic (exact) mass is 160 g/mol. The van der Waals surface area contributed by atoms with Crippen molar-refractivity contribution in [2.45, 2.75) is 10.8 Å². The largest absolute Gasteiger partial charge is 0.391 e. The molecule has 0 aliphatic rings. The van der Waals surface area contributed by atoms with Crippen LogP contribution in [0, 0.1) is 0 Å².